The van der Waals surface area contributed by atoms with Crippen LogP contribution in [0.2, 0.25) is 0 Å². The van der Waals surface area contributed by atoms with Crippen LogP contribution in [0.4, 0.5) is 0 Å². The minimum absolute atomic E-state index is 0.0818. The second-order valence-electron chi connectivity index (χ2n) is 6.04. The van der Waals surface area contributed by atoms with E-state index < -0.39 is 21.8 Å². The van der Waals surface area contributed by atoms with Crippen molar-refractivity contribution >= 4 is 21.8 Å². The molecule has 2 N–H and O–H groups in total. The predicted octanol–water partition coefficient (Wildman–Crippen LogP) is 1.63. The van der Waals surface area contributed by atoms with Gasteiger partial charge < -0.3 is 0 Å². The first kappa shape index (κ1) is 19.6. The van der Waals surface area contributed by atoms with Gasteiger partial charge in [-0.1, -0.05) is 17.7 Å². The highest BCUT2D eigenvalue weighted by Crippen LogP contribution is 2.14. The number of aryl methyl sites for hydroxylation is 2. The van der Waals surface area contributed by atoms with E-state index in [1.807, 2.05) is 26.0 Å². The summed E-state index contributed by atoms with van der Waals surface area (Å²) in [7, 11) is -0.699. The van der Waals surface area contributed by atoms with Gasteiger partial charge in [-0.2, -0.15) is 0 Å². The first-order valence-electron chi connectivity index (χ1n) is 7.83. The molecule has 0 saturated carbocycles. The van der Waals surface area contributed by atoms with E-state index in [4.69, 9.17) is 0 Å². The van der Waals surface area contributed by atoms with Gasteiger partial charge in [0.2, 0.25) is 10.0 Å². The fourth-order valence-electron chi connectivity index (χ4n) is 2.31. The average Bonchev–Trinajstić information content (AvgIpc) is 2.59. The van der Waals surface area contributed by atoms with Crippen molar-refractivity contribution in [1.29, 1.82) is 0 Å². The maximum Gasteiger partial charge on any atom is 0.269 e. The Balaban J connectivity index is 2.05. The van der Waals surface area contributed by atoms with Gasteiger partial charge in [-0.25, -0.2) is 12.7 Å². The fraction of sp³-hybridized carbons (Fsp3) is 0.222. The van der Waals surface area contributed by atoms with Gasteiger partial charge >= 0.3 is 0 Å². The minimum Gasteiger partial charge on any atom is -0.267 e. The topological polar surface area (TPSA) is 95.6 Å². The number of carbonyl (C=O) groups is 2. The number of benzene rings is 2. The lowest BCUT2D eigenvalue weighted by atomic mass is 10.1. The summed E-state index contributed by atoms with van der Waals surface area (Å²) in [5.41, 5.74) is 7.20. The number of nitrogens with one attached hydrogen (secondary N) is 2. The van der Waals surface area contributed by atoms with Crippen molar-refractivity contribution in [2.24, 2.45) is 0 Å². The molecule has 0 atom stereocenters. The monoisotopic (exact) mass is 375 g/mol. The molecule has 8 heteroatoms. The smallest absolute Gasteiger partial charge is 0.267 e. The molecule has 2 aromatic rings. The van der Waals surface area contributed by atoms with Crippen molar-refractivity contribution < 1.29 is 18.0 Å². The van der Waals surface area contributed by atoms with E-state index in [-0.39, 0.29) is 10.5 Å². The number of hydrogen-bond acceptors (Lipinski definition) is 4. The largest absolute Gasteiger partial charge is 0.269 e. The van der Waals surface area contributed by atoms with Gasteiger partial charge in [0.25, 0.3) is 11.8 Å². The number of sulfonamides is 1. The van der Waals surface area contributed by atoms with Crippen LogP contribution in [-0.2, 0) is 10.0 Å². The molecule has 0 aliphatic carbocycles. The second kappa shape index (κ2) is 7.67. The van der Waals surface area contributed by atoms with Gasteiger partial charge in [0.1, 0.15) is 0 Å². The van der Waals surface area contributed by atoms with E-state index in [2.05, 4.69) is 10.9 Å². The van der Waals surface area contributed by atoms with Crippen LogP contribution in [0, 0.1) is 13.8 Å². The highest BCUT2D eigenvalue weighted by atomic mass is 32.2. The minimum atomic E-state index is -3.56. The van der Waals surface area contributed by atoms with Crippen molar-refractivity contribution in [1.82, 2.24) is 15.2 Å². The number of hydrogen-bond donors (Lipinski definition) is 2. The molecule has 0 heterocycles. The first-order valence-corrected chi connectivity index (χ1v) is 9.27. The van der Waals surface area contributed by atoms with Crippen molar-refractivity contribution in [2.45, 2.75) is 18.7 Å². The second-order valence-corrected chi connectivity index (χ2v) is 8.19. The van der Waals surface area contributed by atoms with Gasteiger partial charge in [-0.3, -0.25) is 20.4 Å². The first-order chi connectivity index (χ1) is 12.1. The molecule has 0 unspecified atom stereocenters. The summed E-state index contributed by atoms with van der Waals surface area (Å²) in [5.74, 6) is -0.973. The Labute approximate surface area is 153 Å². The van der Waals surface area contributed by atoms with Crippen molar-refractivity contribution in [3.05, 3.63) is 64.7 Å². The third-order valence-electron chi connectivity index (χ3n) is 3.81. The van der Waals surface area contributed by atoms with Crippen LogP contribution in [-0.4, -0.2) is 38.6 Å². The lowest BCUT2D eigenvalue weighted by Crippen LogP contribution is -2.41. The third-order valence-corrected chi connectivity index (χ3v) is 5.64. The van der Waals surface area contributed by atoms with Crippen LogP contribution >= 0.6 is 0 Å². The quantitative estimate of drug-likeness (QED) is 0.794. The van der Waals surface area contributed by atoms with E-state index in [0.717, 1.165) is 15.4 Å². The lowest BCUT2D eigenvalue weighted by Gasteiger charge is -2.12. The molecule has 0 saturated heterocycles. The maximum absolute atomic E-state index is 12.2. The molecule has 0 aromatic heterocycles. The zero-order valence-corrected chi connectivity index (χ0v) is 15.8. The molecule has 0 aliphatic rings. The van der Waals surface area contributed by atoms with Crippen molar-refractivity contribution in [2.75, 3.05) is 14.1 Å². The highest BCUT2D eigenvalue weighted by molar-refractivity contribution is 7.89. The van der Waals surface area contributed by atoms with Gasteiger partial charge in [0.05, 0.1) is 4.90 Å². The molecule has 2 aromatic carbocycles. The maximum atomic E-state index is 12.2. The van der Waals surface area contributed by atoms with Crippen LogP contribution in [0.5, 0.6) is 0 Å². The van der Waals surface area contributed by atoms with Crippen LogP contribution in [0.15, 0.2) is 47.4 Å². The summed E-state index contributed by atoms with van der Waals surface area (Å²) < 4.78 is 25.1. The Morgan fingerprint density at radius 1 is 0.885 bits per heavy atom. The molecule has 0 radical (unpaired) electrons. The van der Waals surface area contributed by atoms with Gasteiger partial charge in [0, 0.05) is 25.2 Å². The Bertz CT molecular complexity index is 935. The Morgan fingerprint density at radius 2 is 1.46 bits per heavy atom. The zero-order valence-electron chi connectivity index (χ0n) is 15.0. The van der Waals surface area contributed by atoms with Crippen LogP contribution in [0.25, 0.3) is 0 Å². The van der Waals surface area contributed by atoms with E-state index in [1.54, 1.807) is 6.07 Å². The van der Waals surface area contributed by atoms with E-state index in [9.17, 15) is 18.0 Å². The van der Waals surface area contributed by atoms with Crippen molar-refractivity contribution in [3.63, 3.8) is 0 Å². The standard InChI is InChI=1S/C18H21N3O4S/c1-12-5-10-16(13(2)11-12)18(23)20-19-17(22)14-6-8-15(9-7-14)26(24,25)21(3)4/h5-11H,1-4H3,(H,19,22)(H,20,23). The summed E-state index contributed by atoms with van der Waals surface area (Å²) in [4.78, 5) is 24.4. The van der Waals surface area contributed by atoms with Crippen LogP contribution in [0.1, 0.15) is 31.8 Å². The Morgan fingerprint density at radius 3 is 2.00 bits per heavy atom. The summed E-state index contributed by atoms with van der Waals surface area (Å²) in [6.45, 7) is 3.74. The Hall–Kier alpha value is -2.71. The van der Waals surface area contributed by atoms with Gasteiger partial charge in [-0.15, -0.1) is 0 Å². The molecule has 7 nitrogen and oxygen atoms in total. The lowest BCUT2D eigenvalue weighted by molar-refractivity contribution is 0.0846. The molecule has 0 aliphatic heterocycles. The number of hydrazine groups is 1. The molecule has 26 heavy (non-hydrogen) atoms. The predicted molar refractivity (Wildman–Crippen MR) is 98.2 cm³/mol. The number of carbonyl (C=O) groups excluding carboxylic acids is 2. The summed E-state index contributed by atoms with van der Waals surface area (Å²) in [5, 5.41) is 0. The molecule has 2 amide bonds. The summed E-state index contributed by atoms with van der Waals surface area (Å²) >= 11 is 0. The normalized spacial score (nSPS) is 11.3. The summed E-state index contributed by atoms with van der Waals surface area (Å²) in [6, 6.07) is 10.8. The van der Waals surface area contributed by atoms with Crippen molar-refractivity contribution in [3.8, 4) is 0 Å². The number of nitrogens with zero attached hydrogens (tertiary/aromatic N) is 1. The number of amides is 2. The number of rotatable bonds is 4. The zero-order chi connectivity index (χ0) is 19.5. The van der Waals surface area contributed by atoms with E-state index in [1.165, 1.54) is 38.4 Å². The SMILES string of the molecule is Cc1ccc(C(=O)NNC(=O)c2ccc(S(=O)(=O)N(C)C)cc2)c(C)c1. The average molecular weight is 375 g/mol. The molecule has 0 fully saturated rings. The van der Waals surface area contributed by atoms with Gasteiger partial charge in [-0.05, 0) is 49.7 Å². The molecular weight excluding hydrogens is 354 g/mol. The third kappa shape index (κ3) is 4.27. The molecule has 0 spiro atoms. The fourth-order valence-corrected chi connectivity index (χ4v) is 3.21. The molecule has 138 valence electrons. The van der Waals surface area contributed by atoms with E-state index in [0.29, 0.717) is 5.56 Å². The molecule has 2 rings (SSSR count). The summed E-state index contributed by atoms with van der Waals surface area (Å²) in [6.07, 6.45) is 0. The molecular formula is C18H21N3O4S. The van der Waals surface area contributed by atoms with E-state index >= 15 is 0 Å². The molecule has 0 bridgehead atoms. The van der Waals surface area contributed by atoms with Crippen LogP contribution in [0.3, 0.4) is 0 Å². The highest BCUT2D eigenvalue weighted by Gasteiger charge is 2.18. The van der Waals surface area contributed by atoms with Gasteiger partial charge in [0.15, 0.2) is 0 Å². The van der Waals surface area contributed by atoms with Crippen LogP contribution < -0.4 is 10.9 Å². The Kier molecular flexibility index (Phi) is 5.79.